The maximum absolute atomic E-state index is 12.8. The van der Waals surface area contributed by atoms with Gasteiger partial charge >= 0.3 is 17.8 Å². The minimum atomic E-state index is -0.730. The highest BCUT2D eigenvalue weighted by Gasteiger charge is 2.46. The van der Waals surface area contributed by atoms with Crippen molar-refractivity contribution in [3.63, 3.8) is 0 Å². The van der Waals surface area contributed by atoms with Crippen molar-refractivity contribution in [3.05, 3.63) is 32.6 Å². The zero-order valence-electron chi connectivity index (χ0n) is 17.1. The average molecular weight is 410 g/mol. The fourth-order valence-electron chi connectivity index (χ4n) is 2.71. The third kappa shape index (κ3) is 6.19. The predicted octanol–water partition coefficient (Wildman–Crippen LogP) is -0.488. The van der Waals surface area contributed by atoms with Crippen LogP contribution in [-0.4, -0.2) is 63.8 Å². The minimum absolute atomic E-state index is 0.271. The number of hydrogen-bond acceptors (Lipinski definition) is 7. The third-order valence-corrected chi connectivity index (χ3v) is 4.20. The SMILES string of the molecule is COC(=O)CN(C(=O)Cn1cc(C)c(=O)[nH]c1=O)[C@H]1C[C@@H]1NC(=O)OC(C)(C)C. The van der Waals surface area contributed by atoms with Gasteiger partial charge in [-0.3, -0.25) is 23.9 Å². The average Bonchev–Trinajstić information content (AvgIpc) is 3.33. The largest absolute Gasteiger partial charge is 0.468 e. The molecular formula is C18H26N4O7. The van der Waals surface area contributed by atoms with E-state index in [1.807, 2.05) is 0 Å². The molecule has 1 fully saturated rings. The molecule has 2 N–H and O–H groups in total. The van der Waals surface area contributed by atoms with Crippen LogP contribution in [0.4, 0.5) is 4.79 Å². The molecule has 1 aliphatic carbocycles. The summed E-state index contributed by atoms with van der Waals surface area (Å²) in [6.07, 6.45) is 1.09. The van der Waals surface area contributed by atoms with Gasteiger partial charge in [-0.05, 0) is 34.1 Å². The maximum atomic E-state index is 12.8. The number of carbonyl (C=O) groups excluding carboxylic acids is 3. The number of amides is 2. The topological polar surface area (TPSA) is 140 Å². The number of rotatable bonds is 6. The van der Waals surface area contributed by atoms with Crippen LogP contribution < -0.4 is 16.6 Å². The summed E-state index contributed by atoms with van der Waals surface area (Å²) in [7, 11) is 1.20. The van der Waals surface area contributed by atoms with Gasteiger partial charge in [-0.25, -0.2) is 9.59 Å². The number of H-pyrrole nitrogens is 1. The highest BCUT2D eigenvalue weighted by Crippen LogP contribution is 2.29. The van der Waals surface area contributed by atoms with E-state index in [1.54, 1.807) is 20.8 Å². The second-order valence-electron chi connectivity index (χ2n) is 7.85. The van der Waals surface area contributed by atoms with Crippen molar-refractivity contribution in [2.45, 2.75) is 58.3 Å². The highest BCUT2D eigenvalue weighted by molar-refractivity contribution is 5.83. The van der Waals surface area contributed by atoms with Crippen LogP contribution in [0.1, 0.15) is 32.8 Å². The summed E-state index contributed by atoms with van der Waals surface area (Å²) in [5, 5.41) is 2.66. The lowest BCUT2D eigenvalue weighted by molar-refractivity contribution is -0.147. The fraction of sp³-hybridized carbons (Fsp3) is 0.611. The van der Waals surface area contributed by atoms with Crippen molar-refractivity contribution in [1.29, 1.82) is 0 Å². The molecule has 1 aromatic heterocycles. The Bertz CT molecular complexity index is 912. The smallest absolute Gasteiger partial charge is 0.407 e. The van der Waals surface area contributed by atoms with Gasteiger partial charge in [0.05, 0.1) is 19.2 Å². The lowest BCUT2D eigenvalue weighted by Crippen LogP contribution is -2.45. The molecule has 0 saturated heterocycles. The molecule has 0 aromatic carbocycles. The Kier molecular flexibility index (Phi) is 6.50. The van der Waals surface area contributed by atoms with Crippen molar-refractivity contribution in [2.75, 3.05) is 13.7 Å². The number of esters is 1. The molecule has 2 atom stereocenters. The number of aromatic amines is 1. The van der Waals surface area contributed by atoms with Gasteiger partial charge in [-0.1, -0.05) is 0 Å². The molecule has 1 saturated carbocycles. The van der Waals surface area contributed by atoms with E-state index in [1.165, 1.54) is 25.1 Å². The van der Waals surface area contributed by atoms with E-state index < -0.39 is 40.9 Å². The van der Waals surface area contributed by atoms with Gasteiger partial charge < -0.3 is 19.7 Å². The van der Waals surface area contributed by atoms with Crippen LogP contribution in [0.5, 0.6) is 0 Å². The van der Waals surface area contributed by atoms with E-state index in [0.29, 0.717) is 6.42 Å². The van der Waals surface area contributed by atoms with Gasteiger partial charge in [0.25, 0.3) is 5.56 Å². The van der Waals surface area contributed by atoms with Crippen LogP contribution in [-0.2, 0) is 25.6 Å². The van der Waals surface area contributed by atoms with Crippen molar-refractivity contribution in [3.8, 4) is 0 Å². The molecule has 2 amide bonds. The number of methoxy groups -OCH3 is 1. The molecule has 0 aliphatic heterocycles. The Morgan fingerprint density at radius 3 is 2.55 bits per heavy atom. The Morgan fingerprint density at radius 1 is 1.31 bits per heavy atom. The molecule has 0 bridgehead atoms. The zero-order chi connectivity index (χ0) is 21.9. The Morgan fingerprint density at radius 2 is 1.97 bits per heavy atom. The molecule has 11 nitrogen and oxygen atoms in total. The van der Waals surface area contributed by atoms with E-state index in [-0.39, 0.29) is 24.7 Å². The van der Waals surface area contributed by atoms with E-state index in [2.05, 4.69) is 15.0 Å². The number of ether oxygens (including phenoxy) is 2. The fourth-order valence-corrected chi connectivity index (χ4v) is 2.71. The van der Waals surface area contributed by atoms with Gasteiger partial charge in [0.15, 0.2) is 0 Å². The van der Waals surface area contributed by atoms with Crippen molar-refractivity contribution < 1.29 is 23.9 Å². The summed E-state index contributed by atoms with van der Waals surface area (Å²) in [4.78, 5) is 63.2. The predicted molar refractivity (Wildman–Crippen MR) is 101 cm³/mol. The number of aromatic nitrogens is 2. The van der Waals surface area contributed by atoms with Crippen LogP contribution in [0.3, 0.4) is 0 Å². The molecule has 1 aliphatic rings. The minimum Gasteiger partial charge on any atom is -0.468 e. The van der Waals surface area contributed by atoms with Gasteiger partial charge in [0, 0.05) is 11.8 Å². The lowest BCUT2D eigenvalue weighted by atomic mass is 10.2. The number of hydrogen-bond donors (Lipinski definition) is 2. The van der Waals surface area contributed by atoms with E-state index in [0.717, 1.165) is 4.57 Å². The number of nitrogens with one attached hydrogen (secondary N) is 2. The molecule has 0 radical (unpaired) electrons. The summed E-state index contributed by atoms with van der Waals surface area (Å²) < 4.78 is 10.9. The quantitative estimate of drug-likeness (QED) is 0.603. The van der Waals surface area contributed by atoms with Crippen LogP contribution in [0.2, 0.25) is 0 Å². The third-order valence-electron chi connectivity index (χ3n) is 4.20. The monoisotopic (exact) mass is 410 g/mol. The molecule has 1 aromatic rings. The summed E-state index contributed by atoms with van der Waals surface area (Å²) in [6.45, 7) is 6.00. The number of aryl methyl sites for hydroxylation is 1. The summed E-state index contributed by atoms with van der Waals surface area (Å²) in [6, 6.07) is -0.818. The number of nitrogens with zero attached hydrogens (tertiary/aromatic N) is 2. The highest BCUT2D eigenvalue weighted by atomic mass is 16.6. The molecule has 0 unspecified atom stereocenters. The first-order valence-corrected chi connectivity index (χ1v) is 9.07. The van der Waals surface area contributed by atoms with Crippen LogP contribution in [0, 0.1) is 6.92 Å². The van der Waals surface area contributed by atoms with Crippen molar-refractivity contribution in [2.24, 2.45) is 0 Å². The molecule has 29 heavy (non-hydrogen) atoms. The number of carbonyl (C=O) groups is 3. The van der Waals surface area contributed by atoms with Crippen molar-refractivity contribution >= 4 is 18.0 Å². The summed E-state index contributed by atoms with van der Waals surface area (Å²) in [5.41, 5.74) is -1.66. The molecular weight excluding hydrogens is 384 g/mol. The Labute approximate surface area is 167 Å². The van der Waals surface area contributed by atoms with Gasteiger partial charge in [-0.15, -0.1) is 0 Å². The molecule has 11 heteroatoms. The first kappa shape index (κ1) is 22.2. The van der Waals surface area contributed by atoms with E-state index in [9.17, 15) is 24.0 Å². The second-order valence-corrected chi connectivity index (χ2v) is 7.85. The van der Waals surface area contributed by atoms with Gasteiger partial charge in [0.2, 0.25) is 5.91 Å². The second kappa shape index (κ2) is 8.50. The van der Waals surface area contributed by atoms with Gasteiger partial charge in [-0.2, -0.15) is 0 Å². The van der Waals surface area contributed by atoms with E-state index >= 15 is 0 Å². The summed E-state index contributed by atoms with van der Waals surface area (Å²) >= 11 is 0. The zero-order valence-corrected chi connectivity index (χ0v) is 17.1. The van der Waals surface area contributed by atoms with Gasteiger partial charge in [0.1, 0.15) is 18.7 Å². The molecule has 1 heterocycles. The molecule has 0 spiro atoms. The standard InChI is InChI=1S/C18H26N4O7/c1-10-7-21(16(26)20-15(10)25)8-13(23)22(9-14(24)28-5)12-6-11(12)19-17(27)29-18(2,3)4/h7,11-12H,6,8-9H2,1-5H3,(H,19,27)(H,20,25,26)/t11-,12-/m0/s1. The van der Waals surface area contributed by atoms with Crippen LogP contribution in [0.15, 0.2) is 15.8 Å². The van der Waals surface area contributed by atoms with Crippen molar-refractivity contribution in [1.82, 2.24) is 19.8 Å². The first-order chi connectivity index (χ1) is 13.4. The number of alkyl carbamates (subject to hydrolysis) is 1. The molecule has 160 valence electrons. The lowest BCUT2D eigenvalue weighted by Gasteiger charge is -2.23. The summed E-state index contributed by atoms with van der Waals surface area (Å²) in [5.74, 6) is -1.16. The molecule has 2 rings (SSSR count). The van der Waals surface area contributed by atoms with Crippen LogP contribution in [0.25, 0.3) is 0 Å². The Hall–Kier alpha value is -3.11. The van der Waals surface area contributed by atoms with E-state index in [4.69, 9.17) is 4.74 Å². The maximum Gasteiger partial charge on any atom is 0.407 e. The first-order valence-electron chi connectivity index (χ1n) is 9.07. The Balaban J connectivity index is 2.11. The van der Waals surface area contributed by atoms with Crippen LogP contribution >= 0.6 is 0 Å². The normalized spacial score (nSPS) is 18.0.